The van der Waals surface area contributed by atoms with Crippen LogP contribution in [0.2, 0.25) is 0 Å². The van der Waals surface area contributed by atoms with Gasteiger partial charge in [0.05, 0.1) is 4.90 Å². The van der Waals surface area contributed by atoms with Crippen LogP contribution < -0.4 is 10.0 Å². The molecule has 0 saturated carbocycles. The summed E-state index contributed by atoms with van der Waals surface area (Å²) in [6, 6.07) is 6.60. The summed E-state index contributed by atoms with van der Waals surface area (Å²) < 4.78 is 26.8. The van der Waals surface area contributed by atoms with Crippen LogP contribution in [-0.2, 0) is 21.4 Å². The Bertz CT molecular complexity index is 676. The van der Waals surface area contributed by atoms with E-state index in [1.165, 1.54) is 0 Å². The lowest BCUT2D eigenvalue weighted by Gasteiger charge is -2.10. The second-order valence-electron chi connectivity index (χ2n) is 6.19. The Kier molecular flexibility index (Phi) is 5.96. The van der Waals surface area contributed by atoms with Crippen LogP contribution in [0.1, 0.15) is 38.7 Å². The Labute approximate surface area is 138 Å². The van der Waals surface area contributed by atoms with Crippen molar-refractivity contribution in [3.63, 3.8) is 0 Å². The summed E-state index contributed by atoms with van der Waals surface area (Å²) in [5.41, 5.74) is 1.72. The maximum Gasteiger partial charge on any atom is 0.247 e. The van der Waals surface area contributed by atoms with Gasteiger partial charge in [0.2, 0.25) is 15.9 Å². The summed E-state index contributed by atoms with van der Waals surface area (Å²) in [4.78, 5) is 12.2. The second kappa shape index (κ2) is 7.75. The van der Waals surface area contributed by atoms with E-state index in [1.54, 1.807) is 24.3 Å². The van der Waals surface area contributed by atoms with Crippen molar-refractivity contribution < 1.29 is 13.2 Å². The lowest BCUT2D eigenvalue weighted by atomic mass is 10.2. The summed E-state index contributed by atoms with van der Waals surface area (Å²) in [5.74, 6) is 0.224. The number of nitrogens with one attached hydrogen (secondary N) is 2. The zero-order chi connectivity index (χ0) is 16.9. The monoisotopic (exact) mass is 336 g/mol. The molecule has 2 N–H and O–H groups in total. The second-order valence-corrected chi connectivity index (χ2v) is 7.96. The van der Waals surface area contributed by atoms with Gasteiger partial charge in [-0.2, -0.15) is 0 Å². The van der Waals surface area contributed by atoms with E-state index in [-0.39, 0.29) is 16.7 Å². The van der Waals surface area contributed by atoms with Gasteiger partial charge in [0.25, 0.3) is 0 Å². The van der Waals surface area contributed by atoms with Gasteiger partial charge in [-0.25, -0.2) is 13.1 Å². The molecule has 0 bridgehead atoms. The SMILES string of the molecule is CC(C)CNS(=O)(=O)c1ccc(CNC(=O)C2=CCCC2)cc1. The standard InChI is InChI=1S/C17H24N2O3S/c1-13(2)11-19-23(21,22)16-9-7-14(8-10-16)12-18-17(20)15-5-3-4-6-15/h5,7-10,13,19H,3-4,6,11-12H2,1-2H3,(H,18,20). The number of sulfonamides is 1. The highest BCUT2D eigenvalue weighted by atomic mass is 32.2. The third-order valence-corrected chi connectivity index (χ3v) is 5.14. The number of hydrogen-bond donors (Lipinski definition) is 2. The number of carbonyl (C=O) groups is 1. The van der Waals surface area contributed by atoms with Crippen molar-refractivity contribution in [1.29, 1.82) is 0 Å². The van der Waals surface area contributed by atoms with Gasteiger partial charge >= 0.3 is 0 Å². The molecule has 1 aromatic rings. The van der Waals surface area contributed by atoms with Gasteiger partial charge in [0.15, 0.2) is 0 Å². The average molecular weight is 336 g/mol. The largest absolute Gasteiger partial charge is 0.348 e. The first-order chi connectivity index (χ1) is 10.9. The summed E-state index contributed by atoms with van der Waals surface area (Å²) in [6.45, 7) is 4.72. The molecule has 0 aromatic heterocycles. The highest BCUT2D eigenvalue weighted by Gasteiger charge is 2.15. The lowest BCUT2D eigenvalue weighted by Crippen LogP contribution is -2.27. The minimum Gasteiger partial charge on any atom is -0.348 e. The smallest absolute Gasteiger partial charge is 0.247 e. The van der Waals surface area contributed by atoms with Crippen molar-refractivity contribution in [1.82, 2.24) is 10.0 Å². The molecule has 0 aliphatic heterocycles. The highest BCUT2D eigenvalue weighted by molar-refractivity contribution is 7.89. The maximum absolute atomic E-state index is 12.1. The van der Waals surface area contributed by atoms with Crippen molar-refractivity contribution in [2.75, 3.05) is 6.54 Å². The normalized spacial score (nSPS) is 14.8. The van der Waals surface area contributed by atoms with Gasteiger partial charge in [-0.1, -0.05) is 32.1 Å². The number of carbonyl (C=O) groups excluding carboxylic acids is 1. The number of rotatable bonds is 7. The van der Waals surface area contributed by atoms with Crippen LogP contribution in [0.15, 0.2) is 40.8 Å². The Morgan fingerprint density at radius 2 is 1.91 bits per heavy atom. The molecule has 1 aliphatic rings. The van der Waals surface area contributed by atoms with Crippen LogP contribution in [0.25, 0.3) is 0 Å². The molecule has 1 amide bonds. The molecule has 0 spiro atoms. The molecule has 0 atom stereocenters. The molecule has 126 valence electrons. The quantitative estimate of drug-likeness (QED) is 0.802. The van der Waals surface area contributed by atoms with Gasteiger partial charge in [0.1, 0.15) is 0 Å². The zero-order valence-electron chi connectivity index (χ0n) is 13.6. The Morgan fingerprint density at radius 1 is 1.22 bits per heavy atom. The van der Waals surface area contributed by atoms with Crippen LogP contribution >= 0.6 is 0 Å². The van der Waals surface area contributed by atoms with Gasteiger partial charge in [0, 0.05) is 18.7 Å². The molecule has 23 heavy (non-hydrogen) atoms. The van der Waals surface area contributed by atoms with E-state index in [2.05, 4.69) is 10.0 Å². The first-order valence-electron chi connectivity index (χ1n) is 7.94. The lowest BCUT2D eigenvalue weighted by molar-refractivity contribution is -0.117. The molecule has 0 saturated heterocycles. The molecule has 0 unspecified atom stereocenters. The number of hydrogen-bond acceptors (Lipinski definition) is 3. The van der Waals surface area contributed by atoms with E-state index in [1.807, 2.05) is 19.9 Å². The van der Waals surface area contributed by atoms with E-state index >= 15 is 0 Å². The van der Waals surface area contributed by atoms with Gasteiger partial charge in [-0.3, -0.25) is 4.79 Å². The summed E-state index contributed by atoms with van der Waals surface area (Å²) in [7, 11) is -3.46. The van der Waals surface area contributed by atoms with Crippen LogP contribution in [-0.4, -0.2) is 20.9 Å². The van der Waals surface area contributed by atoms with Crippen LogP contribution in [0.5, 0.6) is 0 Å². The predicted octanol–water partition coefficient (Wildman–Crippen LogP) is 2.35. The number of amides is 1. The average Bonchev–Trinajstić information content (AvgIpc) is 3.06. The Morgan fingerprint density at radius 3 is 2.48 bits per heavy atom. The minimum atomic E-state index is -3.46. The molecule has 0 fully saturated rings. The third-order valence-electron chi connectivity index (χ3n) is 3.70. The zero-order valence-corrected chi connectivity index (χ0v) is 14.4. The fraction of sp³-hybridized carbons (Fsp3) is 0.471. The van der Waals surface area contributed by atoms with Crippen molar-refractivity contribution in [2.45, 2.75) is 44.6 Å². The first kappa shape index (κ1) is 17.7. The van der Waals surface area contributed by atoms with Crippen molar-refractivity contribution in [3.05, 3.63) is 41.5 Å². The molecule has 2 rings (SSSR count). The van der Waals surface area contributed by atoms with E-state index < -0.39 is 10.0 Å². The molecule has 6 heteroatoms. The van der Waals surface area contributed by atoms with Gasteiger partial charge in [-0.05, 0) is 42.9 Å². The van der Waals surface area contributed by atoms with Gasteiger partial charge < -0.3 is 5.32 Å². The van der Waals surface area contributed by atoms with E-state index in [4.69, 9.17) is 0 Å². The summed E-state index contributed by atoms with van der Waals surface area (Å²) in [5, 5.41) is 2.87. The maximum atomic E-state index is 12.1. The van der Waals surface area contributed by atoms with Crippen molar-refractivity contribution >= 4 is 15.9 Å². The van der Waals surface area contributed by atoms with Crippen LogP contribution in [0, 0.1) is 5.92 Å². The van der Waals surface area contributed by atoms with Crippen molar-refractivity contribution in [2.24, 2.45) is 5.92 Å². The number of allylic oxidation sites excluding steroid dienone is 1. The molecule has 1 aromatic carbocycles. The highest BCUT2D eigenvalue weighted by Crippen LogP contribution is 2.17. The third kappa shape index (κ3) is 5.18. The first-order valence-corrected chi connectivity index (χ1v) is 9.42. The van der Waals surface area contributed by atoms with Gasteiger partial charge in [-0.15, -0.1) is 0 Å². The Balaban J connectivity index is 1.92. The predicted molar refractivity (Wildman–Crippen MR) is 90.2 cm³/mol. The molecule has 0 radical (unpaired) electrons. The molecule has 5 nitrogen and oxygen atoms in total. The number of benzene rings is 1. The fourth-order valence-electron chi connectivity index (χ4n) is 2.32. The topological polar surface area (TPSA) is 75.3 Å². The van der Waals surface area contributed by atoms with E-state index in [9.17, 15) is 13.2 Å². The van der Waals surface area contributed by atoms with Crippen molar-refractivity contribution in [3.8, 4) is 0 Å². The molecule has 0 heterocycles. The van der Waals surface area contributed by atoms with E-state index in [0.29, 0.717) is 13.1 Å². The Hall–Kier alpha value is -1.66. The van der Waals surface area contributed by atoms with Crippen LogP contribution in [0.4, 0.5) is 0 Å². The fourth-order valence-corrected chi connectivity index (χ4v) is 3.53. The summed E-state index contributed by atoms with van der Waals surface area (Å²) >= 11 is 0. The molecular formula is C17H24N2O3S. The molecule has 1 aliphatic carbocycles. The summed E-state index contributed by atoms with van der Waals surface area (Å²) in [6.07, 6.45) is 4.83. The molecular weight excluding hydrogens is 312 g/mol. The van der Waals surface area contributed by atoms with E-state index in [0.717, 1.165) is 30.4 Å². The minimum absolute atomic E-state index is 0.0298. The van der Waals surface area contributed by atoms with Crippen LogP contribution in [0.3, 0.4) is 0 Å².